The maximum absolute atomic E-state index is 13.5. The van der Waals surface area contributed by atoms with Gasteiger partial charge in [0.25, 0.3) is 0 Å². The molecule has 0 unspecified atom stereocenters. The first-order chi connectivity index (χ1) is 9.22. The highest BCUT2D eigenvalue weighted by Gasteiger charge is 2.20. The third kappa shape index (κ3) is 2.98. The van der Waals surface area contributed by atoms with E-state index >= 15 is 0 Å². The van der Waals surface area contributed by atoms with Crippen LogP contribution < -0.4 is 5.32 Å². The second kappa shape index (κ2) is 5.09. The largest absolute Gasteiger partial charge is 0.338 e. The zero-order chi connectivity index (χ0) is 13.2. The molecule has 0 spiro atoms. The minimum Gasteiger partial charge on any atom is -0.338 e. The van der Waals surface area contributed by atoms with Crippen molar-refractivity contribution in [2.24, 2.45) is 5.92 Å². The fraction of sp³-hybridized carbons (Fsp3) is 0.429. The zero-order valence-electron chi connectivity index (χ0n) is 10.8. The van der Waals surface area contributed by atoms with Gasteiger partial charge in [0.1, 0.15) is 5.82 Å². The summed E-state index contributed by atoms with van der Waals surface area (Å²) in [4.78, 5) is 4.26. The van der Waals surface area contributed by atoms with E-state index < -0.39 is 0 Å². The predicted octanol–water partition coefficient (Wildman–Crippen LogP) is 2.68. The van der Waals surface area contributed by atoms with Crippen LogP contribution in [0.4, 0.5) is 4.39 Å². The minimum absolute atomic E-state index is 0.254. The summed E-state index contributed by atoms with van der Waals surface area (Å²) in [5.74, 6) is 1.53. The maximum atomic E-state index is 13.5. The number of aromatic nitrogens is 2. The van der Waals surface area contributed by atoms with Crippen molar-refractivity contribution in [2.75, 3.05) is 6.54 Å². The van der Waals surface area contributed by atoms with Crippen molar-refractivity contribution in [1.82, 2.24) is 15.5 Å². The van der Waals surface area contributed by atoms with Crippen molar-refractivity contribution < 1.29 is 8.91 Å². The van der Waals surface area contributed by atoms with E-state index in [4.69, 9.17) is 4.52 Å². The predicted molar refractivity (Wildman–Crippen MR) is 68.9 cm³/mol. The average molecular weight is 261 g/mol. The Morgan fingerprint density at radius 2 is 2.26 bits per heavy atom. The van der Waals surface area contributed by atoms with Crippen LogP contribution >= 0.6 is 0 Å². The molecule has 100 valence electrons. The summed E-state index contributed by atoms with van der Waals surface area (Å²) >= 11 is 0. The molecule has 19 heavy (non-hydrogen) atoms. The van der Waals surface area contributed by atoms with Crippen molar-refractivity contribution in [3.05, 3.63) is 35.5 Å². The molecule has 1 fully saturated rings. The molecule has 0 aliphatic heterocycles. The highest BCUT2D eigenvalue weighted by molar-refractivity contribution is 5.54. The number of hydrogen-bond donors (Lipinski definition) is 1. The van der Waals surface area contributed by atoms with E-state index in [1.807, 2.05) is 0 Å². The summed E-state index contributed by atoms with van der Waals surface area (Å²) < 4.78 is 18.6. The van der Waals surface area contributed by atoms with Crippen molar-refractivity contribution in [3.63, 3.8) is 0 Å². The highest BCUT2D eigenvalue weighted by Crippen LogP contribution is 2.27. The molecule has 0 bridgehead atoms. The van der Waals surface area contributed by atoms with Crippen LogP contribution in [-0.4, -0.2) is 16.7 Å². The van der Waals surface area contributed by atoms with Gasteiger partial charge in [0, 0.05) is 5.56 Å². The average Bonchev–Trinajstić information content (AvgIpc) is 3.10. The molecule has 1 aromatic heterocycles. The Labute approximate surface area is 111 Å². The van der Waals surface area contributed by atoms with E-state index in [1.165, 1.54) is 18.9 Å². The number of nitrogens with one attached hydrogen (secondary N) is 1. The summed E-state index contributed by atoms with van der Waals surface area (Å²) in [5, 5.41) is 7.16. The van der Waals surface area contributed by atoms with E-state index in [2.05, 4.69) is 15.5 Å². The molecule has 1 saturated carbocycles. The lowest BCUT2D eigenvalue weighted by atomic mass is 10.1. The minimum atomic E-state index is -0.254. The molecule has 1 aliphatic carbocycles. The van der Waals surface area contributed by atoms with Crippen LogP contribution in [-0.2, 0) is 6.54 Å². The number of hydrogen-bond acceptors (Lipinski definition) is 4. The Kier molecular flexibility index (Phi) is 3.29. The van der Waals surface area contributed by atoms with Gasteiger partial charge in [0.2, 0.25) is 11.7 Å². The fourth-order valence-corrected chi connectivity index (χ4v) is 1.88. The second-order valence-electron chi connectivity index (χ2n) is 5.05. The third-order valence-corrected chi connectivity index (χ3v) is 3.30. The molecule has 0 atom stereocenters. The second-order valence-corrected chi connectivity index (χ2v) is 5.05. The van der Waals surface area contributed by atoms with Gasteiger partial charge in [-0.15, -0.1) is 0 Å². The van der Waals surface area contributed by atoms with Crippen LogP contribution in [0.1, 0.15) is 24.3 Å². The molecule has 1 N–H and O–H groups in total. The van der Waals surface area contributed by atoms with Crippen molar-refractivity contribution >= 4 is 0 Å². The first kappa shape index (κ1) is 12.3. The van der Waals surface area contributed by atoms with Crippen molar-refractivity contribution in [3.8, 4) is 11.4 Å². The third-order valence-electron chi connectivity index (χ3n) is 3.30. The Morgan fingerprint density at radius 3 is 3.00 bits per heavy atom. The number of benzene rings is 1. The standard InChI is InChI=1S/C14H16FN3O/c1-9-2-5-11(6-12(9)15)14-17-13(19-18-14)8-16-7-10-3-4-10/h2,5-6,10,16H,3-4,7-8H2,1H3. The summed E-state index contributed by atoms with van der Waals surface area (Å²) in [5.41, 5.74) is 1.25. The topological polar surface area (TPSA) is 51.0 Å². The number of nitrogens with zero attached hydrogens (tertiary/aromatic N) is 2. The lowest BCUT2D eigenvalue weighted by molar-refractivity contribution is 0.367. The van der Waals surface area contributed by atoms with E-state index in [1.54, 1.807) is 19.1 Å². The molecule has 0 radical (unpaired) electrons. The Bertz CT molecular complexity index is 578. The molecule has 0 amide bonds. The molecule has 1 aromatic carbocycles. The normalized spacial score (nSPS) is 14.8. The van der Waals surface area contributed by atoms with Gasteiger partial charge in [-0.1, -0.05) is 17.3 Å². The van der Waals surface area contributed by atoms with Gasteiger partial charge >= 0.3 is 0 Å². The number of rotatable bonds is 5. The summed E-state index contributed by atoms with van der Waals surface area (Å²) in [7, 11) is 0. The van der Waals surface area contributed by atoms with Gasteiger partial charge in [0.05, 0.1) is 6.54 Å². The molecular formula is C14H16FN3O. The van der Waals surface area contributed by atoms with Crippen molar-refractivity contribution in [1.29, 1.82) is 0 Å². The fourth-order valence-electron chi connectivity index (χ4n) is 1.88. The van der Waals surface area contributed by atoms with Gasteiger partial charge in [-0.05, 0) is 43.9 Å². The molecular weight excluding hydrogens is 245 g/mol. The molecule has 1 aliphatic rings. The van der Waals surface area contributed by atoms with Crippen LogP contribution in [0.25, 0.3) is 11.4 Å². The van der Waals surface area contributed by atoms with Gasteiger partial charge in [-0.2, -0.15) is 4.98 Å². The van der Waals surface area contributed by atoms with Crippen LogP contribution in [0, 0.1) is 18.7 Å². The van der Waals surface area contributed by atoms with E-state index in [0.29, 0.717) is 29.4 Å². The van der Waals surface area contributed by atoms with E-state index in [9.17, 15) is 4.39 Å². The van der Waals surface area contributed by atoms with Crippen LogP contribution in [0.2, 0.25) is 0 Å². The van der Waals surface area contributed by atoms with Crippen LogP contribution in [0.3, 0.4) is 0 Å². The Morgan fingerprint density at radius 1 is 1.42 bits per heavy atom. The first-order valence-electron chi connectivity index (χ1n) is 6.52. The Balaban J connectivity index is 1.67. The lowest BCUT2D eigenvalue weighted by Crippen LogP contribution is -2.16. The van der Waals surface area contributed by atoms with Gasteiger partial charge in [0.15, 0.2) is 0 Å². The number of aryl methyl sites for hydroxylation is 1. The van der Waals surface area contributed by atoms with Crippen LogP contribution in [0.15, 0.2) is 22.7 Å². The molecule has 5 heteroatoms. The zero-order valence-corrected chi connectivity index (χ0v) is 10.8. The SMILES string of the molecule is Cc1ccc(-c2noc(CNCC3CC3)n2)cc1F. The molecule has 1 heterocycles. The highest BCUT2D eigenvalue weighted by atomic mass is 19.1. The number of halogens is 1. The van der Waals surface area contributed by atoms with Gasteiger partial charge in [-0.3, -0.25) is 0 Å². The van der Waals surface area contributed by atoms with Crippen LogP contribution in [0.5, 0.6) is 0 Å². The van der Waals surface area contributed by atoms with E-state index in [-0.39, 0.29) is 5.82 Å². The molecule has 4 nitrogen and oxygen atoms in total. The summed E-state index contributed by atoms with van der Waals surface area (Å²) in [6.07, 6.45) is 2.62. The monoisotopic (exact) mass is 261 g/mol. The van der Waals surface area contributed by atoms with Gasteiger partial charge < -0.3 is 9.84 Å². The molecule has 0 saturated heterocycles. The first-order valence-corrected chi connectivity index (χ1v) is 6.52. The Hall–Kier alpha value is -1.75. The molecule has 3 rings (SSSR count). The summed E-state index contributed by atoms with van der Waals surface area (Å²) in [6, 6.07) is 4.94. The maximum Gasteiger partial charge on any atom is 0.240 e. The quantitative estimate of drug-likeness (QED) is 0.899. The molecule has 2 aromatic rings. The van der Waals surface area contributed by atoms with E-state index in [0.717, 1.165) is 12.5 Å². The smallest absolute Gasteiger partial charge is 0.240 e. The summed E-state index contributed by atoms with van der Waals surface area (Å²) in [6.45, 7) is 3.29. The lowest BCUT2D eigenvalue weighted by Gasteiger charge is -1.98. The van der Waals surface area contributed by atoms with Gasteiger partial charge in [-0.25, -0.2) is 4.39 Å². The van der Waals surface area contributed by atoms with Crippen molar-refractivity contribution in [2.45, 2.75) is 26.3 Å².